The molecular weight excluding hydrogens is 266 g/mol. The zero-order valence-electron chi connectivity index (χ0n) is 12.0. The van der Waals surface area contributed by atoms with E-state index in [4.69, 9.17) is 9.84 Å². The second-order valence-corrected chi connectivity index (χ2v) is 5.57. The number of carbonyl (C=O) groups is 1. The van der Waals surface area contributed by atoms with Gasteiger partial charge in [0.05, 0.1) is 13.0 Å². The molecule has 1 aromatic carbocycles. The fourth-order valence-electron chi connectivity index (χ4n) is 2.14. The van der Waals surface area contributed by atoms with Crippen molar-refractivity contribution >= 4 is 5.97 Å². The average molecular weight is 286 g/mol. The average Bonchev–Trinajstić information content (AvgIpc) is 2.26. The number of alkyl halides is 2. The largest absolute Gasteiger partial charge is 0.494 e. The summed E-state index contributed by atoms with van der Waals surface area (Å²) >= 11 is 0. The van der Waals surface area contributed by atoms with E-state index in [0.29, 0.717) is 12.4 Å². The summed E-state index contributed by atoms with van der Waals surface area (Å²) in [5.74, 6) is -3.60. The van der Waals surface area contributed by atoms with Crippen LogP contribution in [0.5, 0.6) is 5.75 Å². The van der Waals surface area contributed by atoms with Gasteiger partial charge in [0, 0.05) is 12.0 Å². The SMILES string of the molecule is CCOc1ccc(C(F)(F)CC(C)(C)CC(=O)O)cc1. The number of benzene rings is 1. The number of halogens is 2. The molecular formula is C15H20F2O3. The van der Waals surface area contributed by atoms with Crippen molar-refractivity contribution in [3.8, 4) is 5.75 Å². The zero-order valence-corrected chi connectivity index (χ0v) is 12.0. The van der Waals surface area contributed by atoms with Crippen LogP contribution in [0.3, 0.4) is 0 Å². The summed E-state index contributed by atoms with van der Waals surface area (Å²) in [7, 11) is 0. The predicted octanol–water partition coefficient (Wildman–Crippen LogP) is 4.07. The van der Waals surface area contributed by atoms with Crippen LogP contribution in [0.15, 0.2) is 24.3 Å². The second kappa shape index (κ2) is 6.20. The van der Waals surface area contributed by atoms with Crippen molar-refractivity contribution in [3.63, 3.8) is 0 Å². The molecule has 1 rings (SSSR count). The van der Waals surface area contributed by atoms with Crippen molar-refractivity contribution < 1.29 is 23.4 Å². The molecule has 0 saturated heterocycles. The van der Waals surface area contributed by atoms with Crippen LogP contribution in [0.4, 0.5) is 8.78 Å². The normalized spacial score (nSPS) is 12.2. The highest BCUT2D eigenvalue weighted by atomic mass is 19.3. The molecule has 0 aromatic heterocycles. The van der Waals surface area contributed by atoms with E-state index in [1.165, 1.54) is 38.1 Å². The van der Waals surface area contributed by atoms with Crippen LogP contribution >= 0.6 is 0 Å². The van der Waals surface area contributed by atoms with Crippen molar-refractivity contribution in [2.75, 3.05) is 6.61 Å². The van der Waals surface area contributed by atoms with Gasteiger partial charge in [0.15, 0.2) is 0 Å². The van der Waals surface area contributed by atoms with E-state index < -0.39 is 23.7 Å². The number of ether oxygens (including phenoxy) is 1. The Kier molecular flexibility index (Phi) is 5.09. The lowest BCUT2D eigenvalue weighted by Crippen LogP contribution is -2.26. The molecule has 0 amide bonds. The first kappa shape index (κ1) is 16.4. The van der Waals surface area contributed by atoms with Gasteiger partial charge in [-0.1, -0.05) is 13.8 Å². The minimum absolute atomic E-state index is 0.126. The monoisotopic (exact) mass is 286 g/mol. The molecule has 5 heteroatoms. The van der Waals surface area contributed by atoms with Gasteiger partial charge in [-0.15, -0.1) is 0 Å². The Labute approximate surface area is 117 Å². The summed E-state index contributed by atoms with van der Waals surface area (Å²) < 4.78 is 33.6. The molecule has 0 fully saturated rings. The van der Waals surface area contributed by atoms with E-state index in [1.54, 1.807) is 0 Å². The van der Waals surface area contributed by atoms with Gasteiger partial charge in [-0.2, -0.15) is 0 Å². The van der Waals surface area contributed by atoms with E-state index >= 15 is 0 Å². The molecule has 0 spiro atoms. The number of hydrogen-bond acceptors (Lipinski definition) is 2. The third-order valence-electron chi connectivity index (χ3n) is 2.92. The highest BCUT2D eigenvalue weighted by Crippen LogP contribution is 2.41. The quantitative estimate of drug-likeness (QED) is 0.822. The highest BCUT2D eigenvalue weighted by Gasteiger charge is 2.39. The Morgan fingerprint density at radius 2 is 1.80 bits per heavy atom. The van der Waals surface area contributed by atoms with Crippen LogP contribution in [0.2, 0.25) is 0 Å². The first-order chi connectivity index (χ1) is 9.16. The zero-order chi connectivity index (χ0) is 15.4. The molecule has 0 bridgehead atoms. The Morgan fingerprint density at radius 3 is 2.25 bits per heavy atom. The fraction of sp³-hybridized carbons (Fsp3) is 0.533. The van der Waals surface area contributed by atoms with Crippen LogP contribution in [0.25, 0.3) is 0 Å². The van der Waals surface area contributed by atoms with E-state index in [2.05, 4.69) is 0 Å². The van der Waals surface area contributed by atoms with Crippen LogP contribution < -0.4 is 4.74 Å². The maximum atomic E-state index is 14.2. The summed E-state index contributed by atoms with van der Waals surface area (Å²) in [5.41, 5.74) is -1.10. The minimum Gasteiger partial charge on any atom is -0.494 e. The Hall–Kier alpha value is -1.65. The van der Waals surface area contributed by atoms with Gasteiger partial charge in [-0.25, -0.2) is 8.78 Å². The third-order valence-corrected chi connectivity index (χ3v) is 2.92. The standard InChI is InChI=1S/C15H20F2O3/c1-4-20-12-7-5-11(6-8-12)15(16,17)10-14(2,3)9-13(18)19/h5-8H,4,9-10H2,1-3H3,(H,18,19). The number of carboxylic acid groups (broad SMARTS) is 1. The van der Waals surface area contributed by atoms with Crippen molar-refractivity contribution in [1.29, 1.82) is 0 Å². The van der Waals surface area contributed by atoms with Crippen LogP contribution in [-0.2, 0) is 10.7 Å². The highest BCUT2D eigenvalue weighted by molar-refractivity contribution is 5.67. The topological polar surface area (TPSA) is 46.5 Å². The first-order valence-electron chi connectivity index (χ1n) is 6.49. The van der Waals surface area contributed by atoms with E-state index in [1.807, 2.05) is 6.92 Å². The maximum Gasteiger partial charge on any atom is 0.303 e. The molecule has 0 aliphatic carbocycles. The molecule has 0 saturated carbocycles. The van der Waals surface area contributed by atoms with Crippen molar-refractivity contribution in [3.05, 3.63) is 29.8 Å². The smallest absolute Gasteiger partial charge is 0.303 e. The Morgan fingerprint density at radius 1 is 1.25 bits per heavy atom. The van der Waals surface area contributed by atoms with Crippen molar-refractivity contribution in [1.82, 2.24) is 0 Å². The van der Waals surface area contributed by atoms with Gasteiger partial charge >= 0.3 is 5.97 Å². The van der Waals surface area contributed by atoms with Gasteiger partial charge in [0.1, 0.15) is 5.75 Å². The number of hydrogen-bond donors (Lipinski definition) is 1. The molecule has 1 aromatic rings. The third kappa shape index (κ3) is 4.79. The van der Waals surface area contributed by atoms with Gasteiger partial charge in [0.2, 0.25) is 0 Å². The summed E-state index contributed by atoms with van der Waals surface area (Å²) in [6.07, 6.45) is -0.806. The lowest BCUT2D eigenvalue weighted by Gasteiger charge is -2.28. The molecule has 20 heavy (non-hydrogen) atoms. The van der Waals surface area contributed by atoms with Crippen LogP contribution in [0.1, 0.15) is 39.2 Å². The second-order valence-electron chi connectivity index (χ2n) is 5.57. The lowest BCUT2D eigenvalue weighted by atomic mass is 9.81. The fourth-order valence-corrected chi connectivity index (χ4v) is 2.14. The molecule has 0 radical (unpaired) electrons. The number of carboxylic acids is 1. The lowest BCUT2D eigenvalue weighted by molar-refractivity contribution is -0.140. The maximum absolute atomic E-state index is 14.2. The molecule has 0 aliphatic heterocycles. The number of aliphatic carboxylic acids is 1. The molecule has 0 atom stereocenters. The molecule has 0 heterocycles. The summed E-state index contributed by atoms with van der Waals surface area (Å²) in [5, 5.41) is 8.75. The number of rotatable bonds is 7. The van der Waals surface area contributed by atoms with Crippen molar-refractivity contribution in [2.24, 2.45) is 5.41 Å². The molecule has 0 aliphatic rings. The van der Waals surface area contributed by atoms with Gasteiger partial charge in [0.25, 0.3) is 5.92 Å². The van der Waals surface area contributed by atoms with E-state index in [0.717, 1.165) is 0 Å². The molecule has 0 unspecified atom stereocenters. The first-order valence-corrected chi connectivity index (χ1v) is 6.49. The van der Waals surface area contributed by atoms with E-state index in [-0.39, 0.29) is 12.0 Å². The van der Waals surface area contributed by atoms with Crippen LogP contribution in [-0.4, -0.2) is 17.7 Å². The Balaban J connectivity index is 2.84. The minimum atomic E-state index is -3.07. The summed E-state index contributed by atoms with van der Waals surface area (Å²) in [6.45, 7) is 5.35. The predicted molar refractivity (Wildman–Crippen MR) is 72.2 cm³/mol. The molecule has 3 nitrogen and oxygen atoms in total. The Bertz CT molecular complexity index is 453. The van der Waals surface area contributed by atoms with Gasteiger partial charge in [-0.3, -0.25) is 4.79 Å². The van der Waals surface area contributed by atoms with E-state index in [9.17, 15) is 13.6 Å². The summed E-state index contributed by atoms with van der Waals surface area (Å²) in [6, 6.07) is 5.64. The van der Waals surface area contributed by atoms with Gasteiger partial charge < -0.3 is 9.84 Å². The molecule has 112 valence electrons. The van der Waals surface area contributed by atoms with Gasteiger partial charge in [-0.05, 0) is 36.6 Å². The van der Waals surface area contributed by atoms with Crippen molar-refractivity contribution in [2.45, 2.75) is 39.5 Å². The summed E-state index contributed by atoms with van der Waals surface area (Å²) in [4.78, 5) is 10.7. The van der Waals surface area contributed by atoms with Crippen LogP contribution in [0, 0.1) is 5.41 Å². The molecule has 1 N–H and O–H groups in total.